The lowest BCUT2D eigenvalue weighted by Gasteiger charge is -2.14. The van der Waals surface area contributed by atoms with Gasteiger partial charge in [0.2, 0.25) is 0 Å². The minimum atomic E-state index is -0.820. The van der Waals surface area contributed by atoms with Crippen molar-refractivity contribution < 1.29 is 9.90 Å². The molecule has 0 fully saturated rings. The first kappa shape index (κ1) is 11.6. The molecular formula is C12H15N3O2. The molecule has 1 N–H and O–H groups in total. The summed E-state index contributed by atoms with van der Waals surface area (Å²) in [5, 5.41) is 8.73. The van der Waals surface area contributed by atoms with Crippen molar-refractivity contribution in [1.29, 1.82) is 0 Å². The van der Waals surface area contributed by atoms with E-state index in [1.165, 1.54) is 0 Å². The van der Waals surface area contributed by atoms with Crippen LogP contribution in [0.4, 0.5) is 0 Å². The number of aryl methyl sites for hydroxylation is 1. The van der Waals surface area contributed by atoms with Gasteiger partial charge in [-0.15, -0.1) is 0 Å². The summed E-state index contributed by atoms with van der Waals surface area (Å²) in [6.45, 7) is 2.54. The van der Waals surface area contributed by atoms with Crippen LogP contribution in [0.15, 0.2) is 24.4 Å². The van der Waals surface area contributed by atoms with E-state index in [0.29, 0.717) is 6.54 Å². The normalized spacial score (nSPS) is 11.2. The molecule has 0 aromatic carbocycles. The number of rotatable bonds is 4. The second-order valence-corrected chi connectivity index (χ2v) is 4.14. The Hall–Kier alpha value is -1.88. The van der Waals surface area contributed by atoms with Crippen LogP contribution in [0.1, 0.15) is 11.4 Å². The number of aromatic nitrogens is 2. The summed E-state index contributed by atoms with van der Waals surface area (Å²) >= 11 is 0. The monoisotopic (exact) mass is 233 g/mol. The summed E-state index contributed by atoms with van der Waals surface area (Å²) in [5.41, 5.74) is 2.86. The van der Waals surface area contributed by atoms with Crippen LogP contribution < -0.4 is 0 Å². The summed E-state index contributed by atoms with van der Waals surface area (Å²) in [7, 11) is 1.79. The standard InChI is InChI=1S/C12H15N3O2/c1-9-10(7-14(2)8-12(16)17)15-6-4-3-5-11(15)13-9/h3-6H,7-8H2,1-2H3,(H,16,17). The van der Waals surface area contributed by atoms with Crippen molar-refractivity contribution >= 4 is 11.6 Å². The maximum atomic E-state index is 10.6. The molecule has 0 saturated carbocycles. The van der Waals surface area contributed by atoms with Crippen LogP contribution in [-0.2, 0) is 11.3 Å². The van der Waals surface area contributed by atoms with Gasteiger partial charge in [0.25, 0.3) is 0 Å². The van der Waals surface area contributed by atoms with Crippen LogP contribution in [0.5, 0.6) is 0 Å². The average molecular weight is 233 g/mol. The summed E-state index contributed by atoms with van der Waals surface area (Å²) in [6.07, 6.45) is 1.94. The van der Waals surface area contributed by atoms with Crippen molar-refractivity contribution in [2.45, 2.75) is 13.5 Å². The summed E-state index contributed by atoms with van der Waals surface area (Å²) in [5.74, 6) is -0.820. The number of hydrogen-bond acceptors (Lipinski definition) is 3. The first-order chi connectivity index (χ1) is 8.08. The van der Waals surface area contributed by atoms with E-state index >= 15 is 0 Å². The first-order valence-electron chi connectivity index (χ1n) is 5.41. The Morgan fingerprint density at radius 2 is 2.29 bits per heavy atom. The number of carboxylic acids is 1. The molecule has 5 nitrogen and oxygen atoms in total. The van der Waals surface area contributed by atoms with Gasteiger partial charge in [-0.2, -0.15) is 0 Å². The molecule has 2 rings (SSSR count). The van der Waals surface area contributed by atoms with Gasteiger partial charge < -0.3 is 9.51 Å². The van der Waals surface area contributed by atoms with E-state index in [2.05, 4.69) is 4.98 Å². The topological polar surface area (TPSA) is 57.8 Å². The van der Waals surface area contributed by atoms with Gasteiger partial charge in [-0.1, -0.05) is 6.07 Å². The molecule has 0 aliphatic heterocycles. The van der Waals surface area contributed by atoms with Crippen molar-refractivity contribution in [2.75, 3.05) is 13.6 Å². The Morgan fingerprint density at radius 1 is 1.53 bits per heavy atom. The van der Waals surface area contributed by atoms with Gasteiger partial charge in [0.05, 0.1) is 17.9 Å². The molecule has 0 spiro atoms. The molecule has 0 unspecified atom stereocenters. The largest absolute Gasteiger partial charge is 0.480 e. The number of carbonyl (C=O) groups is 1. The third kappa shape index (κ3) is 2.45. The number of fused-ring (bicyclic) bond motifs is 1. The van der Waals surface area contributed by atoms with E-state index in [-0.39, 0.29) is 6.54 Å². The predicted octanol–water partition coefficient (Wildman–Crippen LogP) is 1.16. The number of nitrogens with zero attached hydrogens (tertiary/aromatic N) is 3. The quantitative estimate of drug-likeness (QED) is 0.861. The molecule has 5 heteroatoms. The van der Waals surface area contributed by atoms with Crippen molar-refractivity contribution in [3.05, 3.63) is 35.8 Å². The van der Waals surface area contributed by atoms with Crippen LogP contribution in [0.3, 0.4) is 0 Å². The summed E-state index contributed by atoms with van der Waals surface area (Å²) in [6, 6.07) is 5.81. The van der Waals surface area contributed by atoms with Crippen molar-refractivity contribution in [1.82, 2.24) is 14.3 Å². The van der Waals surface area contributed by atoms with Gasteiger partial charge in [-0.05, 0) is 26.1 Å². The van der Waals surface area contributed by atoms with Gasteiger partial charge in [0.15, 0.2) is 0 Å². The molecule has 0 atom stereocenters. The van der Waals surface area contributed by atoms with Crippen LogP contribution in [-0.4, -0.2) is 39.0 Å². The molecule has 2 aromatic heterocycles. The Morgan fingerprint density at radius 3 is 3.00 bits per heavy atom. The molecule has 0 aliphatic carbocycles. The van der Waals surface area contributed by atoms with Crippen LogP contribution in [0, 0.1) is 6.92 Å². The molecule has 90 valence electrons. The Labute approximate surface area is 99.3 Å². The summed E-state index contributed by atoms with van der Waals surface area (Å²) in [4.78, 5) is 16.8. The first-order valence-corrected chi connectivity index (χ1v) is 5.41. The zero-order chi connectivity index (χ0) is 12.4. The molecular weight excluding hydrogens is 218 g/mol. The molecule has 0 aliphatic rings. The van der Waals surface area contributed by atoms with E-state index in [0.717, 1.165) is 17.0 Å². The minimum absolute atomic E-state index is 0.0273. The number of pyridine rings is 1. The highest BCUT2D eigenvalue weighted by molar-refractivity contribution is 5.69. The van der Waals surface area contributed by atoms with E-state index in [1.54, 1.807) is 11.9 Å². The molecule has 2 aromatic rings. The van der Waals surface area contributed by atoms with E-state index < -0.39 is 5.97 Å². The molecule has 0 bridgehead atoms. The fourth-order valence-corrected chi connectivity index (χ4v) is 1.90. The van der Waals surface area contributed by atoms with Crippen molar-refractivity contribution in [3.8, 4) is 0 Å². The smallest absolute Gasteiger partial charge is 0.317 e. The Balaban J connectivity index is 2.29. The zero-order valence-electron chi connectivity index (χ0n) is 9.92. The third-order valence-electron chi connectivity index (χ3n) is 2.65. The molecule has 17 heavy (non-hydrogen) atoms. The number of imidazole rings is 1. The highest BCUT2D eigenvalue weighted by Gasteiger charge is 2.12. The Kier molecular flexibility index (Phi) is 3.10. The maximum absolute atomic E-state index is 10.6. The SMILES string of the molecule is Cc1nc2ccccn2c1CN(C)CC(=O)O. The zero-order valence-corrected chi connectivity index (χ0v) is 9.92. The van der Waals surface area contributed by atoms with Crippen molar-refractivity contribution in [3.63, 3.8) is 0 Å². The van der Waals surface area contributed by atoms with Crippen molar-refractivity contribution in [2.24, 2.45) is 0 Å². The summed E-state index contributed by atoms with van der Waals surface area (Å²) < 4.78 is 1.99. The Bertz CT molecular complexity index is 548. The van der Waals surface area contributed by atoms with Gasteiger partial charge >= 0.3 is 5.97 Å². The molecule has 0 amide bonds. The lowest BCUT2D eigenvalue weighted by molar-refractivity contribution is -0.138. The maximum Gasteiger partial charge on any atom is 0.317 e. The second-order valence-electron chi connectivity index (χ2n) is 4.14. The molecule has 2 heterocycles. The van der Waals surface area contributed by atoms with E-state index in [1.807, 2.05) is 35.7 Å². The predicted molar refractivity (Wildman–Crippen MR) is 63.9 cm³/mol. The van der Waals surface area contributed by atoms with E-state index in [9.17, 15) is 4.79 Å². The van der Waals surface area contributed by atoms with E-state index in [4.69, 9.17) is 5.11 Å². The fraction of sp³-hybridized carbons (Fsp3) is 0.333. The van der Waals surface area contributed by atoms with Gasteiger partial charge in [-0.25, -0.2) is 4.98 Å². The minimum Gasteiger partial charge on any atom is -0.480 e. The lowest BCUT2D eigenvalue weighted by Crippen LogP contribution is -2.26. The molecule has 0 saturated heterocycles. The lowest BCUT2D eigenvalue weighted by atomic mass is 10.3. The van der Waals surface area contributed by atoms with Gasteiger partial charge in [0.1, 0.15) is 5.65 Å². The number of carboxylic acid groups (broad SMARTS) is 1. The van der Waals surface area contributed by atoms with Gasteiger partial charge in [-0.3, -0.25) is 9.69 Å². The fourth-order valence-electron chi connectivity index (χ4n) is 1.90. The highest BCUT2D eigenvalue weighted by Crippen LogP contribution is 2.13. The number of aliphatic carboxylic acids is 1. The third-order valence-corrected chi connectivity index (χ3v) is 2.65. The second kappa shape index (κ2) is 4.55. The van der Waals surface area contributed by atoms with Gasteiger partial charge in [0, 0.05) is 12.7 Å². The van der Waals surface area contributed by atoms with Crippen LogP contribution in [0.25, 0.3) is 5.65 Å². The number of likely N-dealkylation sites (N-methyl/N-ethyl adjacent to an activating group) is 1. The van der Waals surface area contributed by atoms with Crippen LogP contribution in [0.2, 0.25) is 0 Å². The molecule has 0 radical (unpaired) electrons. The van der Waals surface area contributed by atoms with Crippen LogP contribution >= 0.6 is 0 Å². The average Bonchev–Trinajstić information content (AvgIpc) is 2.55. The highest BCUT2D eigenvalue weighted by atomic mass is 16.4. The number of hydrogen-bond donors (Lipinski definition) is 1.